The minimum atomic E-state index is -0.238. The van der Waals surface area contributed by atoms with Crippen molar-refractivity contribution in [2.75, 3.05) is 13.1 Å². The number of amides is 2. The molecule has 2 amide bonds. The van der Waals surface area contributed by atoms with Crippen LogP contribution in [0.15, 0.2) is 0 Å². The second-order valence-corrected chi connectivity index (χ2v) is 7.18. The number of carbonyl (C=O) groups is 2. The molecule has 1 N–H and O–H groups in total. The maximum atomic E-state index is 12.3. The summed E-state index contributed by atoms with van der Waals surface area (Å²) in [5, 5.41) is 7.32. The molecule has 3 heterocycles. The summed E-state index contributed by atoms with van der Waals surface area (Å²) < 4.78 is 8.01. The third-order valence-electron chi connectivity index (χ3n) is 5.04. The normalized spacial score (nSPS) is 19.5. The van der Waals surface area contributed by atoms with E-state index in [1.54, 1.807) is 6.92 Å². The minimum absolute atomic E-state index is 0.0712. The van der Waals surface area contributed by atoms with Crippen molar-refractivity contribution < 1.29 is 14.3 Å². The van der Waals surface area contributed by atoms with E-state index in [1.807, 2.05) is 30.5 Å². The molecular weight excluding hydrogens is 308 g/mol. The van der Waals surface area contributed by atoms with E-state index in [9.17, 15) is 9.59 Å². The van der Waals surface area contributed by atoms with E-state index in [4.69, 9.17) is 4.74 Å². The number of piperidine rings is 1. The van der Waals surface area contributed by atoms with Crippen LogP contribution in [0.2, 0.25) is 0 Å². The lowest BCUT2D eigenvalue weighted by atomic mass is 9.83. The van der Waals surface area contributed by atoms with Gasteiger partial charge in [0.05, 0.1) is 12.2 Å². The van der Waals surface area contributed by atoms with Gasteiger partial charge in [-0.3, -0.25) is 14.3 Å². The van der Waals surface area contributed by atoms with Gasteiger partial charge in [0.1, 0.15) is 0 Å². The number of fused-ring (bicyclic) bond motifs is 1. The van der Waals surface area contributed by atoms with Crippen molar-refractivity contribution in [3.8, 4) is 0 Å². The summed E-state index contributed by atoms with van der Waals surface area (Å²) in [7, 11) is 1.88. The number of aromatic nitrogens is 2. The van der Waals surface area contributed by atoms with Crippen LogP contribution in [-0.2, 0) is 29.6 Å². The summed E-state index contributed by atoms with van der Waals surface area (Å²) in [6, 6.07) is 0.0712. The Balaban J connectivity index is 1.79. The van der Waals surface area contributed by atoms with Gasteiger partial charge in [-0.05, 0) is 26.7 Å². The van der Waals surface area contributed by atoms with Crippen LogP contribution < -0.4 is 5.32 Å². The number of hydrogen-bond donors (Lipinski definition) is 1. The zero-order chi connectivity index (χ0) is 17.5. The molecule has 3 rings (SSSR count). The second-order valence-electron chi connectivity index (χ2n) is 7.18. The van der Waals surface area contributed by atoms with E-state index in [2.05, 4.69) is 10.4 Å². The standard InChI is InChI=1S/C17H26N4O3/c1-11(2)18-16(23)15-13-10-24-17(9-14(13)20(4)19-15)5-7-21(8-6-17)12(3)22/h11H,5-10H2,1-4H3,(H,18,23). The Morgan fingerprint density at radius 3 is 2.54 bits per heavy atom. The van der Waals surface area contributed by atoms with Crippen LogP contribution in [0.1, 0.15) is 55.4 Å². The third-order valence-corrected chi connectivity index (χ3v) is 5.04. The van der Waals surface area contributed by atoms with Crippen molar-refractivity contribution >= 4 is 11.8 Å². The summed E-state index contributed by atoms with van der Waals surface area (Å²) in [6.07, 6.45) is 2.39. The van der Waals surface area contributed by atoms with Crippen molar-refractivity contribution in [2.45, 2.75) is 58.3 Å². The lowest BCUT2D eigenvalue weighted by molar-refractivity contribution is -0.139. The van der Waals surface area contributed by atoms with E-state index >= 15 is 0 Å². The largest absolute Gasteiger partial charge is 0.370 e. The number of carbonyl (C=O) groups excluding carboxylic acids is 2. The monoisotopic (exact) mass is 334 g/mol. The van der Waals surface area contributed by atoms with Gasteiger partial charge >= 0.3 is 0 Å². The highest BCUT2D eigenvalue weighted by atomic mass is 16.5. The number of ether oxygens (including phenoxy) is 1. The van der Waals surface area contributed by atoms with Crippen molar-refractivity contribution in [2.24, 2.45) is 7.05 Å². The Hall–Kier alpha value is -1.89. The molecular formula is C17H26N4O3. The molecule has 2 aliphatic heterocycles. The summed E-state index contributed by atoms with van der Waals surface area (Å²) in [5.74, 6) is -0.0256. The molecule has 132 valence electrons. The highest BCUT2D eigenvalue weighted by Crippen LogP contribution is 2.37. The molecule has 0 atom stereocenters. The summed E-state index contributed by atoms with van der Waals surface area (Å²) in [5.41, 5.74) is 2.21. The first-order valence-electron chi connectivity index (χ1n) is 8.56. The minimum Gasteiger partial charge on any atom is -0.370 e. The molecule has 1 aromatic rings. The van der Waals surface area contributed by atoms with Crippen LogP contribution >= 0.6 is 0 Å². The quantitative estimate of drug-likeness (QED) is 0.876. The van der Waals surface area contributed by atoms with Crippen LogP contribution in [0.4, 0.5) is 0 Å². The van der Waals surface area contributed by atoms with Gasteiger partial charge in [-0.2, -0.15) is 5.10 Å². The zero-order valence-corrected chi connectivity index (χ0v) is 14.9. The van der Waals surface area contributed by atoms with Crippen molar-refractivity contribution in [3.63, 3.8) is 0 Å². The van der Waals surface area contributed by atoms with Crippen LogP contribution in [0.3, 0.4) is 0 Å². The number of likely N-dealkylation sites (tertiary alicyclic amines) is 1. The van der Waals surface area contributed by atoms with E-state index in [-0.39, 0.29) is 23.5 Å². The molecule has 0 aliphatic carbocycles. The van der Waals surface area contributed by atoms with Gasteiger partial charge in [-0.1, -0.05) is 0 Å². The highest BCUT2D eigenvalue weighted by molar-refractivity contribution is 5.94. The van der Waals surface area contributed by atoms with E-state index in [1.165, 1.54) is 0 Å². The number of nitrogens with zero attached hydrogens (tertiary/aromatic N) is 3. The number of rotatable bonds is 2. The predicted molar refractivity (Wildman–Crippen MR) is 88.5 cm³/mol. The molecule has 0 aromatic carbocycles. The Morgan fingerprint density at radius 1 is 1.29 bits per heavy atom. The molecule has 0 bridgehead atoms. The Morgan fingerprint density at radius 2 is 1.96 bits per heavy atom. The summed E-state index contributed by atoms with van der Waals surface area (Å²) in [6.45, 7) is 7.33. The highest BCUT2D eigenvalue weighted by Gasteiger charge is 2.42. The van der Waals surface area contributed by atoms with Gasteiger partial charge < -0.3 is 15.0 Å². The topological polar surface area (TPSA) is 76.5 Å². The van der Waals surface area contributed by atoms with Crippen molar-refractivity contribution in [1.29, 1.82) is 0 Å². The molecule has 24 heavy (non-hydrogen) atoms. The van der Waals surface area contributed by atoms with Gasteiger partial charge in [0.25, 0.3) is 5.91 Å². The van der Waals surface area contributed by atoms with Crippen LogP contribution in [0, 0.1) is 0 Å². The first-order chi connectivity index (χ1) is 11.3. The smallest absolute Gasteiger partial charge is 0.272 e. The zero-order valence-electron chi connectivity index (χ0n) is 14.9. The molecule has 2 aliphatic rings. The van der Waals surface area contributed by atoms with Gasteiger partial charge in [-0.25, -0.2) is 0 Å². The van der Waals surface area contributed by atoms with E-state index in [0.29, 0.717) is 12.3 Å². The molecule has 0 unspecified atom stereocenters. The lowest BCUT2D eigenvalue weighted by Crippen LogP contribution is -2.50. The fourth-order valence-corrected chi connectivity index (χ4v) is 3.62. The molecule has 1 fully saturated rings. The number of hydrogen-bond acceptors (Lipinski definition) is 4. The third kappa shape index (κ3) is 3.05. The van der Waals surface area contributed by atoms with Crippen LogP contribution in [0.5, 0.6) is 0 Å². The molecule has 7 nitrogen and oxygen atoms in total. The predicted octanol–water partition coefficient (Wildman–Crippen LogP) is 1.01. The fraction of sp³-hybridized carbons (Fsp3) is 0.706. The fourth-order valence-electron chi connectivity index (χ4n) is 3.62. The maximum Gasteiger partial charge on any atom is 0.272 e. The van der Waals surface area contributed by atoms with Crippen LogP contribution in [-0.4, -0.2) is 51.2 Å². The van der Waals surface area contributed by atoms with E-state index in [0.717, 1.165) is 43.6 Å². The number of aryl methyl sites for hydroxylation is 1. The molecule has 0 saturated carbocycles. The Kier molecular flexibility index (Phi) is 4.38. The second kappa shape index (κ2) is 6.20. The Bertz CT molecular complexity index is 657. The molecule has 7 heteroatoms. The van der Waals surface area contributed by atoms with E-state index < -0.39 is 0 Å². The van der Waals surface area contributed by atoms with Gasteiger partial charge in [0.15, 0.2) is 5.69 Å². The summed E-state index contributed by atoms with van der Waals surface area (Å²) in [4.78, 5) is 25.7. The SMILES string of the molecule is CC(=O)N1CCC2(CC1)Cc1c(c(C(=O)NC(C)C)nn1C)CO2. The molecule has 1 aromatic heterocycles. The van der Waals surface area contributed by atoms with Gasteiger partial charge in [0.2, 0.25) is 5.91 Å². The average molecular weight is 334 g/mol. The summed E-state index contributed by atoms with van der Waals surface area (Å²) >= 11 is 0. The first kappa shape index (κ1) is 17.0. The lowest BCUT2D eigenvalue weighted by Gasteiger charge is -2.43. The number of nitrogens with one attached hydrogen (secondary N) is 1. The van der Waals surface area contributed by atoms with Crippen molar-refractivity contribution in [3.05, 3.63) is 17.0 Å². The first-order valence-corrected chi connectivity index (χ1v) is 8.56. The molecule has 1 saturated heterocycles. The Labute approximate surface area is 142 Å². The van der Waals surface area contributed by atoms with Gasteiger partial charge in [-0.15, -0.1) is 0 Å². The van der Waals surface area contributed by atoms with Crippen molar-refractivity contribution in [1.82, 2.24) is 20.0 Å². The van der Waals surface area contributed by atoms with Gasteiger partial charge in [0, 0.05) is 50.8 Å². The molecule has 1 spiro atoms. The maximum absolute atomic E-state index is 12.3. The molecule has 0 radical (unpaired) electrons. The average Bonchev–Trinajstić information content (AvgIpc) is 2.84. The van der Waals surface area contributed by atoms with Crippen LogP contribution in [0.25, 0.3) is 0 Å².